The highest BCUT2D eigenvalue weighted by atomic mass is 19.2. The molecule has 0 N–H and O–H groups in total. The first-order valence-electron chi connectivity index (χ1n) is 9.61. The van der Waals surface area contributed by atoms with E-state index in [9.17, 15) is 26.7 Å². The molecule has 0 atom stereocenters. The normalized spacial score (nSPS) is 11.0. The van der Waals surface area contributed by atoms with Crippen molar-refractivity contribution in [2.45, 2.75) is 6.42 Å². The van der Waals surface area contributed by atoms with Crippen LogP contribution in [-0.4, -0.2) is 72.0 Å². The van der Waals surface area contributed by atoms with Gasteiger partial charge in [0.2, 0.25) is 34.8 Å². The first kappa shape index (κ1) is 27.9. The summed E-state index contributed by atoms with van der Waals surface area (Å²) in [4.78, 5) is 11.5. The molecule has 0 bridgehead atoms. The summed E-state index contributed by atoms with van der Waals surface area (Å²) in [6.07, 6.45) is 1.18. The van der Waals surface area contributed by atoms with Gasteiger partial charge in [-0.2, -0.15) is 8.78 Å². The third-order valence-electron chi connectivity index (χ3n) is 3.56. The first-order valence-corrected chi connectivity index (χ1v) is 9.61. The maximum atomic E-state index is 13.4. The van der Waals surface area contributed by atoms with E-state index >= 15 is 0 Å². The van der Waals surface area contributed by atoms with Crippen molar-refractivity contribution in [3.63, 3.8) is 0 Å². The lowest BCUT2D eigenvalue weighted by atomic mass is 10.2. The number of carbonyl (C=O) groups excluding carboxylic acids is 1. The summed E-state index contributed by atoms with van der Waals surface area (Å²) >= 11 is 0. The van der Waals surface area contributed by atoms with Crippen molar-refractivity contribution >= 4 is 5.97 Å². The van der Waals surface area contributed by atoms with Gasteiger partial charge in [-0.05, 0) is 0 Å². The van der Waals surface area contributed by atoms with Crippen molar-refractivity contribution in [1.29, 1.82) is 0 Å². The molecule has 0 radical (unpaired) electrons. The SMILES string of the molecule is C=CCOCCOCCOCCOCCOCCC(=O)Oc1c(F)c(F)c(F)c(F)c1F. The van der Waals surface area contributed by atoms with Gasteiger partial charge in [0.05, 0.1) is 72.5 Å². The fourth-order valence-corrected chi connectivity index (χ4v) is 2.04. The van der Waals surface area contributed by atoms with Crippen LogP contribution in [0.2, 0.25) is 0 Å². The fourth-order valence-electron chi connectivity index (χ4n) is 2.04. The first-order chi connectivity index (χ1) is 15.4. The van der Waals surface area contributed by atoms with E-state index in [0.29, 0.717) is 46.2 Å². The van der Waals surface area contributed by atoms with Gasteiger partial charge in [0.15, 0.2) is 0 Å². The van der Waals surface area contributed by atoms with Gasteiger partial charge in [-0.25, -0.2) is 13.2 Å². The molecule has 12 heteroatoms. The van der Waals surface area contributed by atoms with Crippen LogP contribution in [0.25, 0.3) is 0 Å². The number of esters is 1. The van der Waals surface area contributed by atoms with Crippen LogP contribution in [0, 0.1) is 29.1 Å². The second-order valence-electron chi connectivity index (χ2n) is 5.94. The summed E-state index contributed by atoms with van der Waals surface area (Å²) < 4.78 is 96.1. The average Bonchev–Trinajstić information content (AvgIpc) is 2.79. The van der Waals surface area contributed by atoms with Crippen LogP contribution in [0.15, 0.2) is 12.7 Å². The standard InChI is InChI=1S/C20H25F5O7/c1-2-4-27-6-8-29-10-12-31-13-11-30-9-7-28-5-3-14(26)32-20-18(24)16(22)15(21)17(23)19(20)25/h2H,1,3-13H2. The van der Waals surface area contributed by atoms with Gasteiger partial charge in [0.1, 0.15) is 0 Å². The average molecular weight is 472 g/mol. The Morgan fingerprint density at radius 2 is 1.00 bits per heavy atom. The summed E-state index contributed by atoms with van der Waals surface area (Å²) in [7, 11) is 0. The second-order valence-corrected chi connectivity index (χ2v) is 5.94. The predicted molar refractivity (Wildman–Crippen MR) is 101 cm³/mol. The van der Waals surface area contributed by atoms with Gasteiger partial charge in [0.25, 0.3) is 0 Å². The molecule has 0 aliphatic heterocycles. The molecule has 0 fully saturated rings. The number of carbonyl (C=O) groups is 1. The Morgan fingerprint density at radius 1 is 0.625 bits per heavy atom. The zero-order valence-electron chi connectivity index (χ0n) is 17.3. The summed E-state index contributed by atoms with van der Waals surface area (Å²) in [5.41, 5.74) is 0. The lowest BCUT2D eigenvalue weighted by Crippen LogP contribution is -2.16. The van der Waals surface area contributed by atoms with E-state index in [2.05, 4.69) is 11.3 Å². The topological polar surface area (TPSA) is 72.5 Å². The minimum atomic E-state index is -2.34. The van der Waals surface area contributed by atoms with E-state index in [-0.39, 0.29) is 19.8 Å². The van der Waals surface area contributed by atoms with Gasteiger partial charge < -0.3 is 28.4 Å². The van der Waals surface area contributed by atoms with Crippen molar-refractivity contribution < 1.29 is 55.2 Å². The highest BCUT2D eigenvalue weighted by Gasteiger charge is 2.28. The van der Waals surface area contributed by atoms with Crippen molar-refractivity contribution in [3.8, 4) is 5.75 Å². The lowest BCUT2D eigenvalue weighted by Gasteiger charge is -2.09. The van der Waals surface area contributed by atoms with E-state index in [0.717, 1.165) is 0 Å². The highest BCUT2D eigenvalue weighted by molar-refractivity contribution is 5.72. The van der Waals surface area contributed by atoms with Gasteiger partial charge >= 0.3 is 5.97 Å². The molecule has 0 spiro atoms. The Labute approximate surface area is 182 Å². The van der Waals surface area contributed by atoms with E-state index in [1.165, 1.54) is 0 Å². The summed E-state index contributed by atoms with van der Waals surface area (Å²) in [6, 6.07) is 0. The summed E-state index contributed by atoms with van der Waals surface area (Å²) in [5.74, 6) is -14.1. The van der Waals surface area contributed by atoms with Crippen LogP contribution in [0.5, 0.6) is 5.75 Å². The third kappa shape index (κ3) is 10.5. The number of rotatable bonds is 18. The van der Waals surface area contributed by atoms with Crippen LogP contribution >= 0.6 is 0 Å². The largest absolute Gasteiger partial charge is 0.420 e. The highest BCUT2D eigenvalue weighted by Crippen LogP contribution is 2.29. The molecule has 1 aromatic rings. The number of hydrogen-bond donors (Lipinski definition) is 0. The molecule has 0 amide bonds. The molecule has 0 saturated carbocycles. The van der Waals surface area contributed by atoms with Crippen LogP contribution in [0.1, 0.15) is 6.42 Å². The zero-order chi connectivity index (χ0) is 23.8. The smallest absolute Gasteiger partial charge is 0.313 e. The van der Waals surface area contributed by atoms with E-state index in [4.69, 9.17) is 23.7 Å². The van der Waals surface area contributed by atoms with Crippen LogP contribution < -0.4 is 4.74 Å². The van der Waals surface area contributed by atoms with Crippen molar-refractivity contribution in [2.75, 3.05) is 66.1 Å². The van der Waals surface area contributed by atoms with Crippen LogP contribution in [0.4, 0.5) is 22.0 Å². The Kier molecular flexibility index (Phi) is 14.4. The molecular formula is C20H25F5O7. The Bertz CT molecular complexity index is 689. The molecule has 0 aliphatic carbocycles. The minimum Gasteiger partial charge on any atom is -0.420 e. The molecule has 182 valence electrons. The van der Waals surface area contributed by atoms with Gasteiger partial charge in [-0.15, -0.1) is 6.58 Å². The minimum absolute atomic E-state index is 0.101. The van der Waals surface area contributed by atoms with Gasteiger partial charge in [-0.3, -0.25) is 4.79 Å². The molecule has 7 nitrogen and oxygen atoms in total. The summed E-state index contributed by atoms with van der Waals surface area (Å²) in [5, 5.41) is 0. The number of hydrogen-bond acceptors (Lipinski definition) is 7. The second kappa shape index (κ2) is 16.5. The maximum Gasteiger partial charge on any atom is 0.313 e. The molecular weight excluding hydrogens is 447 g/mol. The molecule has 32 heavy (non-hydrogen) atoms. The molecule has 1 aromatic carbocycles. The number of ether oxygens (including phenoxy) is 6. The molecule has 0 heterocycles. The maximum absolute atomic E-state index is 13.4. The van der Waals surface area contributed by atoms with Gasteiger partial charge in [-0.1, -0.05) is 6.08 Å². The number of halogens is 5. The third-order valence-corrected chi connectivity index (χ3v) is 3.56. The Hall–Kier alpha value is -2.12. The van der Waals surface area contributed by atoms with Crippen LogP contribution in [-0.2, 0) is 28.5 Å². The Balaban J connectivity index is 2.02. The van der Waals surface area contributed by atoms with Gasteiger partial charge in [0, 0.05) is 0 Å². The predicted octanol–water partition coefficient (Wildman–Crippen LogP) is 2.95. The zero-order valence-corrected chi connectivity index (χ0v) is 17.3. The molecule has 1 rings (SSSR count). The van der Waals surface area contributed by atoms with Crippen LogP contribution in [0.3, 0.4) is 0 Å². The molecule has 0 saturated heterocycles. The molecule has 0 aromatic heterocycles. The number of benzene rings is 1. The molecule has 0 unspecified atom stereocenters. The fraction of sp³-hybridized carbons (Fsp3) is 0.550. The Morgan fingerprint density at radius 3 is 1.44 bits per heavy atom. The van der Waals surface area contributed by atoms with Crippen molar-refractivity contribution in [1.82, 2.24) is 0 Å². The monoisotopic (exact) mass is 472 g/mol. The van der Waals surface area contributed by atoms with E-state index < -0.39 is 47.2 Å². The summed E-state index contributed by atoms with van der Waals surface area (Å²) in [6.45, 7) is 6.46. The van der Waals surface area contributed by atoms with E-state index in [1.54, 1.807) is 6.08 Å². The van der Waals surface area contributed by atoms with Crippen molar-refractivity contribution in [2.24, 2.45) is 0 Å². The molecule has 0 aliphatic rings. The quantitative estimate of drug-likeness (QED) is 0.0619. The lowest BCUT2D eigenvalue weighted by molar-refractivity contribution is -0.136. The van der Waals surface area contributed by atoms with Crippen molar-refractivity contribution in [3.05, 3.63) is 41.7 Å². The van der Waals surface area contributed by atoms with E-state index in [1.807, 2.05) is 0 Å².